The van der Waals surface area contributed by atoms with Crippen LogP contribution in [0.4, 0.5) is 0 Å². The van der Waals surface area contributed by atoms with Crippen molar-refractivity contribution in [1.82, 2.24) is 5.06 Å². The Bertz CT molecular complexity index is 689. The van der Waals surface area contributed by atoms with E-state index in [0.29, 0.717) is 6.61 Å². The van der Waals surface area contributed by atoms with Crippen LogP contribution in [-0.2, 0) is 14.3 Å². The first kappa shape index (κ1) is 17.7. The molecular formula is C21H29NO5. The van der Waals surface area contributed by atoms with Crippen molar-refractivity contribution in [3.05, 3.63) is 23.8 Å². The van der Waals surface area contributed by atoms with E-state index in [1.807, 2.05) is 6.07 Å². The predicted octanol–water partition coefficient (Wildman–Crippen LogP) is 3.60. The molecule has 0 amide bonds. The summed E-state index contributed by atoms with van der Waals surface area (Å²) in [7, 11) is 3.34. The maximum Gasteiger partial charge on any atom is 0.168 e. The van der Waals surface area contributed by atoms with Crippen molar-refractivity contribution in [2.45, 2.75) is 75.0 Å². The SMILES string of the molecule is COc1ccc([C@@H]2C[C@@H]3C[C@H]([C@H]4COC5(CCCCC5)O4)N2O3)cc1OC. The molecule has 0 aromatic heterocycles. The summed E-state index contributed by atoms with van der Waals surface area (Å²) in [6.07, 6.45) is 8.14. The minimum absolute atomic E-state index is 0.0936. The number of fused-ring (bicyclic) bond motifs is 2. The molecule has 6 heteroatoms. The van der Waals surface area contributed by atoms with Crippen molar-refractivity contribution in [2.75, 3.05) is 20.8 Å². The highest BCUT2D eigenvalue weighted by atomic mass is 16.8. The van der Waals surface area contributed by atoms with Gasteiger partial charge in [0, 0.05) is 12.8 Å². The Balaban J connectivity index is 1.33. The van der Waals surface area contributed by atoms with Crippen LogP contribution in [0.15, 0.2) is 18.2 Å². The van der Waals surface area contributed by atoms with Gasteiger partial charge in [0.2, 0.25) is 0 Å². The molecule has 148 valence electrons. The maximum atomic E-state index is 6.50. The molecule has 3 heterocycles. The lowest BCUT2D eigenvalue weighted by Gasteiger charge is -2.35. The number of methoxy groups -OCH3 is 2. The molecule has 1 saturated carbocycles. The van der Waals surface area contributed by atoms with Gasteiger partial charge in [-0.2, -0.15) is 5.06 Å². The number of hydroxylamine groups is 2. The highest BCUT2D eigenvalue weighted by molar-refractivity contribution is 5.44. The van der Waals surface area contributed by atoms with Gasteiger partial charge in [-0.3, -0.25) is 4.84 Å². The Morgan fingerprint density at radius 2 is 1.85 bits per heavy atom. The first-order valence-electron chi connectivity index (χ1n) is 10.2. The number of nitrogens with zero attached hydrogens (tertiary/aromatic N) is 1. The smallest absolute Gasteiger partial charge is 0.168 e. The van der Waals surface area contributed by atoms with Gasteiger partial charge in [-0.1, -0.05) is 12.5 Å². The van der Waals surface area contributed by atoms with E-state index < -0.39 is 0 Å². The summed E-state index contributed by atoms with van der Waals surface area (Å²) < 4.78 is 23.5. The third-order valence-electron chi connectivity index (χ3n) is 6.61. The van der Waals surface area contributed by atoms with Crippen LogP contribution < -0.4 is 9.47 Å². The van der Waals surface area contributed by atoms with Crippen LogP contribution in [0, 0.1) is 0 Å². The lowest BCUT2D eigenvalue weighted by Crippen LogP contribution is -2.43. The van der Waals surface area contributed by atoms with Crippen LogP contribution in [0.2, 0.25) is 0 Å². The fourth-order valence-electron chi connectivity index (χ4n) is 5.24. The molecule has 2 bridgehead atoms. The minimum Gasteiger partial charge on any atom is -0.493 e. The molecular weight excluding hydrogens is 346 g/mol. The van der Waals surface area contributed by atoms with E-state index in [1.165, 1.54) is 24.8 Å². The van der Waals surface area contributed by atoms with E-state index >= 15 is 0 Å². The number of hydrogen-bond acceptors (Lipinski definition) is 6. The Kier molecular flexibility index (Phi) is 4.55. The predicted molar refractivity (Wildman–Crippen MR) is 98.7 cm³/mol. The Morgan fingerprint density at radius 1 is 1.04 bits per heavy atom. The Labute approximate surface area is 160 Å². The summed E-state index contributed by atoms with van der Waals surface area (Å²) in [6, 6.07) is 6.63. The van der Waals surface area contributed by atoms with E-state index in [9.17, 15) is 0 Å². The molecule has 0 radical (unpaired) electrons. The zero-order valence-corrected chi connectivity index (χ0v) is 16.2. The number of ether oxygens (including phenoxy) is 4. The summed E-state index contributed by atoms with van der Waals surface area (Å²) in [4.78, 5) is 6.20. The number of benzene rings is 1. The van der Waals surface area contributed by atoms with Gasteiger partial charge in [0.25, 0.3) is 0 Å². The molecule has 3 saturated heterocycles. The third-order valence-corrected chi connectivity index (χ3v) is 6.61. The van der Waals surface area contributed by atoms with Gasteiger partial charge in [0.15, 0.2) is 17.3 Å². The van der Waals surface area contributed by atoms with Crippen molar-refractivity contribution >= 4 is 0 Å². The third kappa shape index (κ3) is 3.03. The van der Waals surface area contributed by atoms with Crippen molar-refractivity contribution < 1.29 is 23.8 Å². The first-order chi connectivity index (χ1) is 13.2. The molecule has 27 heavy (non-hydrogen) atoms. The second-order valence-electron chi connectivity index (χ2n) is 8.19. The molecule has 1 spiro atoms. The molecule has 4 aliphatic rings. The lowest BCUT2D eigenvalue weighted by molar-refractivity contribution is -0.206. The largest absolute Gasteiger partial charge is 0.493 e. The van der Waals surface area contributed by atoms with Crippen LogP contribution >= 0.6 is 0 Å². The molecule has 1 unspecified atom stereocenters. The summed E-state index contributed by atoms with van der Waals surface area (Å²) in [6.45, 7) is 0.676. The first-order valence-corrected chi connectivity index (χ1v) is 10.2. The van der Waals surface area contributed by atoms with Crippen LogP contribution in [0.1, 0.15) is 56.6 Å². The van der Waals surface area contributed by atoms with Gasteiger partial charge in [-0.25, -0.2) is 0 Å². The summed E-state index contributed by atoms with van der Waals surface area (Å²) in [5.41, 5.74) is 1.20. The second-order valence-corrected chi connectivity index (χ2v) is 8.19. The average molecular weight is 375 g/mol. The van der Waals surface area contributed by atoms with E-state index in [4.69, 9.17) is 23.8 Å². The van der Waals surface area contributed by atoms with Crippen LogP contribution in [-0.4, -0.2) is 49.9 Å². The normalized spacial score (nSPS) is 37.0. The monoisotopic (exact) mass is 375 g/mol. The molecule has 5 atom stereocenters. The van der Waals surface area contributed by atoms with Crippen LogP contribution in [0.5, 0.6) is 11.5 Å². The standard InChI is InChI=1S/C21H29NO5/c1-23-18-7-6-14(10-19(18)24-2)16-11-15-12-17(22(16)27-15)20-13-25-21(26-20)8-4-3-5-9-21/h6-7,10,15-17,20H,3-5,8-9,11-13H2,1-2H3/t15-,16+,17-,20-/m1/s1. The maximum absolute atomic E-state index is 6.50. The fraction of sp³-hybridized carbons (Fsp3) is 0.714. The average Bonchev–Trinajstić information content (AvgIpc) is 3.42. The Hall–Kier alpha value is -1.34. The highest BCUT2D eigenvalue weighted by Crippen LogP contribution is 2.49. The fourth-order valence-corrected chi connectivity index (χ4v) is 5.24. The van der Waals surface area contributed by atoms with E-state index in [0.717, 1.165) is 37.2 Å². The summed E-state index contributed by atoms with van der Waals surface area (Å²) in [5, 5.41) is 2.17. The minimum atomic E-state index is -0.329. The van der Waals surface area contributed by atoms with Crippen molar-refractivity contribution in [1.29, 1.82) is 0 Å². The van der Waals surface area contributed by atoms with E-state index in [1.54, 1.807) is 14.2 Å². The van der Waals surface area contributed by atoms with Crippen molar-refractivity contribution in [2.24, 2.45) is 0 Å². The molecule has 4 fully saturated rings. The number of piperidine rings is 1. The lowest BCUT2D eigenvalue weighted by atomic mass is 9.90. The van der Waals surface area contributed by atoms with Gasteiger partial charge >= 0.3 is 0 Å². The molecule has 0 N–H and O–H groups in total. The summed E-state index contributed by atoms with van der Waals surface area (Å²) >= 11 is 0. The summed E-state index contributed by atoms with van der Waals surface area (Å²) in [5.74, 6) is 1.19. The zero-order valence-electron chi connectivity index (χ0n) is 16.2. The number of rotatable bonds is 4. The van der Waals surface area contributed by atoms with Gasteiger partial charge < -0.3 is 18.9 Å². The second kappa shape index (κ2) is 6.92. The van der Waals surface area contributed by atoms with E-state index in [2.05, 4.69) is 17.2 Å². The van der Waals surface area contributed by atoms with Gasteiger partial charge in [-0.05, 0) is 43.4 Å². The highest BCUT2D eigenvalue weighted by Gasteiger charge is 2.54. The van der Waals surface area contributed by atoms with Crippen LogP contribution in [0.3, 0.4) is 0 Å². The molecule has 5 rings (SSSR count). The molecule has 6 nitrogen and oxygen atoms in total. The Morgan fingerprint density at radius 3 is 2.59 bits per heavy atom. The van der Waals surface area contributed by atoms with Crippen molar-refractivity contribution in [3.63, 3.8) is 0 Å². The van der Waals surface area contributed by atoms with Gasteiger partial charge in [0.1, 0.15) is 6.10 Å². The van der Waals surface area contributed by atoms with E-state index in [-0.39, 0.29) is 30.1 Å². The zero-order chi connectivity index (χ0) is 18.4. The van der Waals surface area contributed by atoms with Crippen molar-refractivity contribution in [3.8, 4) is 11.5 Å². The number of hydrogen-bond donors (Lipinski definition) is 0. The van der Waals surface area contributed by atoms with Gasteiger partial charge in [-0.15, -0.1) is 0 Å². The molecule has 3 aliphatic heterocycles. The quantitative estimate of drug-likeness (QED) is 0.801. The van der Waals surface area contributed by atoms with Crippen LogP contribution in [0.25, 0.3) is 0 Å². The molecule has 1 aliphatic carbocycles. The molecule has 1 aromatic rings. The topological polar surface area (TPSA) is 49.4 Å². The molecule has 1 aromatic carbocycles. The van der Waals surface area contributed by atoms with Gasteiger partial charge in [0.05, 0.1) is 39.0 Å².